The normalized spacial score (nSPS) is 15.2. The lowest BCUT2D eigenvalue weighted by molar-refractivity contribution is 0.235. The van der Waals surface area contributed by atoms with Crippen LogP contribution in [0.3, 0.4) is 0 Å². The summed E-state index contributed by atoms with van der Waals surface area (Å²) in [5.74, 6) is 0. The van der Waals surface area contributed by atoms with Gasteiger partial charge in [0.25, 0.3) is 5.56 Å². The van der Waals surface area contributed by atoms with Crippen molar-refractivity contribution in [2.45, 2.75) is 65.5 Å². The SMILES string of the molecule is CCNC(=S)N(Cc1cc2c(C)cc(C)cc2[nH]c1=O)C1CCCCC1. The average Bonchev–Trinajstić information content (AvgIpc) is 2.61. The zero-order valence-corrected chi connectivity index (χ0v) is 16.8. The molecule has 1 aromatic heterocycles. The second-order valence-electron chi connectivity index (χ2n) is 7.42. The molecule has 1 aliphatic rings. The number of hydrogen-bond donors (Lipinski definition) is 2. The second-order valence-corrected chi connectivity index (χ2v) is 7.81. The number of aryl methyl sites for hydroxylation is 2. The van der Waals surface area contributed by atoms with Crippen molar-refractivity contribution in [1.82, 2.24) is 15.2 Å². The number of pyridine rings is 1. The van der Waals surface area contributed by atoms with E-state index in [1.807, 2.05) is 12.1 Å². The quantitative estimate of drug-likeness (QED) is 0.792. The Balaban J connectivity index is 1.96. The molecule has 1 saturated carbocycles. The first kappa shape index (κ1) is 18.9. The molecule has 0 radical (unpaired) electrons. The molecule has 1 aromatic carbocycles. The monoisotopic (exact) mass is 371 g/mol. The molecule has 0 unspecified atom stereocenters. The first-order valence-corrected chi connectivity index (χ1v) is 10.1. The van der Waals surface area contributed by atoms with E-state index in [0.717, 1.165) is 46.5 Å². The minimum Gasteiger partial charge on any atom is -0.363 e. The molecule has 0 atom stereocenters. The molecule has 140 valence electrons. The third-order valence-electron chi connectivity index (χ3n) is 5.33. The molecule has 1 aliphatic carbocycles. The van der Waals surface area contributed by atoms with E-state index in [1.54, 1.807) is 0 Å². The van der Waals surface area contributed by atoms with E-state index in [4.69, 9.17) is 12.2 Å². The Morgan fingerprint density at radius 1 is 1.23 bits per heavy atom. The average molecular weight is 372 g/mol. The molecule has 1 fully saturated rings. The van der Waals surface area contributed by atoms with Gasteiger partial charge in [-0.15, -0.1) is 0 Å². The van der Waals surface area contributed by atoms with Gasteiger partial charge in [-0.25, -0.2) is 0 Å². The maximum atomic E-state index is 12.7. The van der Waals surface area contributed by atoms with Crippen molar-refractivity contribution in [2.75, 3.05) is 6.54 Å². The van der Waals surface area contributed by atoms with Gasteiger partial charge in [-0.05, 0) is 69.1 Å². The number of nitrogens with zero attached hydrogens (tertiary/aromatic N) is 1. The predicted octanol–water partition coefficient (Wildman–Crippen LogP) is 4.17. The van der Waals surface area contributed by atoms with Gasteiger partial charge in [0.15, 0.2) is 5.11 Å². The van der Waals surface area contributed by atoms with E-state index in [1.165, 1.54) is 24.8 Å². The van der Waals surface area contributed by atoms with Crippen LogP contribution in [0.5, 0.6) is 0 Å². The van der Waals surface area contributed by atoms with Crippen molar-refractivity contribution in [2.24, 2.45) is 0 Å². The Bertz CT molecular complexity index is 852. The molecule has 0 bridgehead atoms. The summed E-state index contributed by atoms with van der Waals surface area (Å²) in [5.41, 5.74) is 4.04. The molecule has 0 aliphatic heterocycles. The summed E-state index contributed by atoms with van der Waals surface area (Å²) in [5, 5.41) is 5.16. The van der Waals surface area contributed by atoms with Gasteiger partial charge in [-0.2, -0.15) is 0 Å². The lowest BCUT2D eigenvalue weighted by Gasteiger charge is -2.36. The van der Waals surface area contributed by atoms with Gasteiger partial charge < -0.3 is 15.2 Å². The molecule has 3 rings (SSSR count). The first-order valence-electron chi connectivity index (χ1n) is 9.67. The molecule has 2 N–H and O–H groups in total. The summed E-state index contributed by atoms with van der Waals surface area (Å²) in [4.78, 5) is 18.0. The van der Waals surface area contributed by atoms with Crippen LogP contribution >= 0.6 is 12.2 Å². The summed E-state index contributed by atoms with van der Waals surface area (Å²) in [6.07, 6.45) is 6.07. The maximum Gasteiger partial charge on any atom is 0.253 e. The number of aromatic nitrogens is 1. The van der Waals surface area contributed by atoms with Gasteiger partial charge in [0.05, 0.1) is 6.54 Å². The standard InChI is InChI=1S/C21H29N3OS/c1-4-22-21(26)24(17-8-6-5-7-9-17)13-16-12-18-15(3)10-14(2)11-19(18)23-20(16)25/h10-12,17H,4-9,13H2,1-3H3,(H,22,26)(H,23,25). The highest BCUT2D eigenvalue weighted by Gasteiger charge is 2.24. The van der Waals surface area contributed by atoms with Crippen molar-refractivity contribution < 1.29 is 0 Å². The Kier molecular flexibility index (Phi) is 5.97. The van der Waals surface area contributed by atoms with E-state index in [-0.39, 0.29) is 5.56 Å². The minimum atomic E-state index is -0.0115. The van der Waals surface area contributed by atoms with Crippen LogP contribution < -0.4 is 10.9 Å². The van der Waals surface area contributed by atoms with Crippen molar-refractivity contribution in [3.63, 3.8) is 0 Å². The second kappa shape index (κ2) is 8.21. The van der Waals surface area contributed by atoms with Crippen LogP contribution in [-0.2, 0) is 6.54 Å². The highest BCUT2D eigenvalue weighted by molar-refractivity contribution is 7.80. The molecular formula is C21H29N3OS. The van der Waals surface area contributed by atoms with E-state index in [2.05, 4.69) is 42.0 Å². The largest absolute Gasteiger partial charge is 0.363 e. The summed E-state index contributed by atoms with van der Waals surface area (Å²) in [6.45, 7) is 7.57. The summed E-state index contributed by atoms with van der Waals surface area (Å²) in [6, 6.07) is 6.67. The number of thiocarbonyl (C=S) groups is 1. The fourth-order valence-electron chi connectivity index (χ4n) is 4.03. The van der Waals surface area contributed by atoms with Crippen molar-refractivity contribution in [1.29, 1.82) is 0 Å². The molecule has 4 nitrogen and oxygen atoms in total. The highest BCUT2D eigenvalue weighted by atomic mass is 32.1. The fourth-order valence-corrected chi connectivity index (χ4v) is 4.39. The third-order valence-corrected chi connectivity index (χ3v) is 5.71. The zero-order chi connectivity index (χ0) is 18.7. The summed E-state index contributed by atoms with van der Waals surface area (Å²) in [7, 11) is 0. The smallest absolute Gasteiger partial charge is 0.253 e. The molecular weight excluding hydrogens is 342 g/mol. The van der Waals surface area contributed by atoms with E-state index in [0.29, 0.717) is 12.6 Å². The highest BCUT2D eigenvalue weighted by Crippen LogP contribution is 2.25. The van der Waals surface area contributed by atoms with Crippen LogP contribution in [0.25, 0.3) is 10.9 Å². The number of nitrogens with one attached hydrogen (secondary N) is 2. The van der Waals surface area contributed by atoms with Crippen molar-refractivity contribution in [3.05, 3.63) is 45.2 Å². The van der Waals surface area contributed by atoms with Crippen molar-refractivity contribution in [3.8, 4) is 0 Å². The van der Waals surface area contributed by atoms with E-state index < -0.39 is 0 Å². The lowest BCUT2D eigenvalue weighted by Crippen LogP contribution is -2.47. The first-order chi connectivity index (χ1) is 12.5. The number of aromatic amines is 1. The topological polar surface area (TPSA) is 48.1 Å². The molecule has 0 spiro atoms. The summed E-state index contributed by atoms with van der Waals surface area (Å²) < 4.78 is 0. The van der Waals surface area contributed by atoms with Gasteiger partial charge in [0.1, 0.15) is 0 Å². The van der Waals surface area contributed by atoms with Crippen LogP contribution in [0.4, 0.5) is 0 Å². The molecule has 0 saturated heterocycles. The van der Waals surface area contributed by atoms with Crippen LogP contribution in [0.1, 0.15) is 55.7 Å². The number of fused-ring (bicyclic) bond motifs is 1. The molecule has 2 aromatic rings. The zero-order valence-electron chi connectivity index (χ0n) is 16.0. The molecule has 5 heteroatoms. The van der Waals surface area contributed by atoms with Gasteiger partial charge in [0, 0.05) is 29.1 Å². The van der Waals surface area contributed by atoms with Crippen molar-refractivity contribution >= 4 is 28.2 Å². The number of hydrogen-bond acceptors (Lipinski definition) is 2. The van der Waals surface area contributed by atoms with E-state index in [9.17, 15) is 4.79 Å². The number of benzene rings is 1. The summed E-state index contributed by atoms with van der Waals surface area (Å²) >= 11 is 5.64. The predicted molar refractivity (Wildman–Crippen MR) is 113 cm³/mol. The van der Waals surface area contributed by atoms with Gasteiger partial charge in [-0.1, -0.05) is 25.3 Å². The fraction of sp³-hybridized carbons (Fsp3) is 0.524. The van der Waals surface area contributed by atoms with Crippen LogP contribution in [0.2, 0.25) is 0 Å². The maximum absolute atomic E-state index is 12.7. The van der Waals surface area contributed by atoms with Gasteiger partial charge >= 0.3 is 0 Å². The third kappa shape index (κ3) is 4.09. The van der Waals surface area contributed by atoms with Crippen LogP contribution in [0, 0.1) is 13.8 Å². The minimum absolute atomic E-state index is 0.0115. The van der Waals surface area contributed by atoms with E-state index >= 15 is 0 Å². The Hall–Kier alpha value is -1.88. The number of H-pyrrole nitrogens is 1. The molecule has 1 heterocycles. The van der Waals surface area contributed by atoms with Crippen LogP contribution in [-0.4, -0.2) is 27.6 Å². The van der Waals surface area contributed by atoms with Gasteiger partial charge in [0.2, 0.25) is 0 Å². The Morgan fingerprint density at radius 2 is 1.96 bits per heavy atom. The molecule has 0 amide bonds. The Morgan fingerprint density at radius 3 is 2.65 bits per heavy atom. The Labute approximate surface area is 161 Å². The number of rotatable bonds is 4. The lowest BCUT2D eigenvalue weighted by atomic mass is 9.94. The van der Waals surface area contributed by atoms with Crippen LogP contribution in [0.15, 0.2) is 23.0 Å². The van der Waals surface area contributed by atoms with Gasteiger partial charge in [-0.3, -0.25) is 4.79 Å². The molecule has 26 heavy (non-hydrogen) atoms.